The van der Waals surface area contributed by atoms with Crippen LogP contribution in [-0.2, 0) is 38.9 Å². The summed E-state index contributed by atoms with van der Waals surface area (Å²) in [6.07, 6.45) is 3.64. The Kier molecular flexibility index (Phi) is 8.54. The average molecular weight is 615 g/mol. The Hall–Kier alpha value is -3.98. The third-order valence-electron chi connectivity index (χ3n) is 6.37. The van der Waals surface area contributed by atoms with E-state index in [-0.39, 0.29) is 33.2 Å². The topological polar surface area (TPSA) is 177 Å². The van der Waals surface area contributed by atoms with Gasteiger partial charge in [-0.3, -0.25) is 14.5 Å². The highest BCUT2D eigenvalue weighted by molar-refractivity contribution is 8.00. The van der Waals surface area contributed by atoms with Crippen molar-refractivity contribution in [3.63, 3.8) is 0 Å². The van der Waals surface area contributed by atoms with Crippen molar-refractivity contribution in [2.24, 2.45) is 10.9 Å². The Morgan fingerprint density at radius 2 is 1.93 bits per heavy atom. The molecule has 12 nitrogen and oxygen atoms in total. The van der Waals surface area contributed by atoms with Crippen LogP contribution in [0.4, 0.5) is 5.13 Å². The Morgan fingerprint density at radius 1 is 1.22 bits per heavy atom. The molecule has 2 aromatic heterocycles. The number of anilines is 1. The summed E-state index contributed by atoms with van der Waals surface area (Å²) in [5, 5.41) is 16.1. The van der Waals surface area contributed by atoms with Crippen molar-refractivity contribution in [1.29, 1.82) is 0 Å². The van der Waals surface area contributed by atoms with E-state index in [0.29, 0.717) is 24.4 Å². The maximum absolute atomic E-state index is 13.4. The van der Waals surface area contributed by atoms with Gasteiger partial charge in [-0.1, -0.05) is 58.4 Å². The van der Waals surface area contributed by atoms with Gasteiger partial charge in [0.25, 0.3) is 11.8 Å². The lowest BCUT2D eigenvalue weighted by molar-refractivity contribution is -0.689. The second kappa shape index (κ2) is 12.3. The molecule has 2 aliphatic heterocycles. The van der Waals surface area contributed by atoms with E-state index >= 15 is 0 Å². The third kappa shape index (κ3) is 6.05. The van der Waals surface area contributed by atoms with Gasteiger partial charge < -0.3 is 26.7 Å². The lowest BCUT2D eigenvalue weighted by Gasteiger charge is -2.49. The quantitative estimate of drug-likeness (QED) is 0.114. The minimum absolute atomic E-state index is 0.0124. The number of carboxylic acids is 1. The highest BCUT2D eigenvalue weighted by Gasteiger charge is 2.54. The predicted molar refractivity (Wildman–Crippen MR) is 154 cm³/mol. The first-order valence-corrected chi connectivity index (χ1v) is 14.6. The van der Waals surface area contributed by atoms with Gasteiger partial charge in [0.1, 0.15) is 33.7 Å². The molecular weight excluding hydrogens is 590 g/mol. The molecule has 15 heteroatoms. The molecule has 2 atom stereocenters. The highest BCUT2D eigenvalue weighted by Crippen LogP contribution is 2.40. The summed E-state index contributed by atoms with van der Waals surface area (Å²) in [7, 11) is 0. The predicted octanol–water partition coefficient (Wildman–Crippen LogP) is 1.48. The summed E-state index contributed by atoms with van der Waals surface area (Å²) < 4.78 is 1.96. The number of nitrogen functional groups attached to an aromatic ring is 1. The number of carbonyl (C=O) groups excluding carboxylic acids is 2. The lowest BCUT2D eigenvalue weighted by atomic mass is 10.0. The van der Waals surface area contributed by atoms with Crippen LogP contribution in [0.2, 0.25) is 4.34 Å². The Labute approximate surface area is 247 Å². The molecule has 1 fully saturated rings. The molecule has 6 N–H and O–H groups in total. The van der Waals surface area contributed by atoms with Gasteiger partial charge in [-0.15, -0.1) is 11.8 Å². The molecule has 1 saturated heterocycles. The van der Waals surface area contributed by atoms with Crippen molar-refractivity contribution in [3.05, 3.63) is 87.3 Å². The number of carboxylic acid groups (broad SMARTS) is 1. The minimum Gasteiger partial charge on any atom is -0.477 e. The molecule has 212 valence electrons. The maximum Gasteiger partial charge on any atom is 0.352 e. The number of carbonyl (C=O) groups is 3. The fourth-order valence-corrected chi connectivity index (χ4v) is 6.64. The standard InChI is InChI=1S/C26H24ClN7O5S2/c27-21-17(31-26(29)41-21)18(32-39-12-15-6-4-14(10-28)5-7-15)22(35)30-19-23(36)34-20(25(37)38)16(13-40-24(19)34)11-33-8-2-1-3-9-33/h1-9,19,24H,10-13,28H2,(H3-,29,30,31,35,37,38)/p+1/b32-18-/t19-,24+/m1/s1. The lowest BCUT2D eigenvalue weighted by Crippen LogP contribution is -2.71. The van der Waals surface area contributed by atoms with Gasteiger partial charge in [0.05, 0.1) is 0 Å². The summed E-state index contributed by atoms with van der Waals surface area (Å²) in [5.74, 6) is -2.15. The van der Waals surface area contributed by atoms with E-state index in [9.17, 15) is 19.5 Å². The van der Waals surface area contributed by atoms with E-state index in [1.807, 2.05) is 59.4 Å². The van der Waals surface area contributed by atoms with Crippen LogP contribution in [0, 0.1) is 0 Å². The number of hydrogen-bond acceptors (Lipinski definition) is 10. The number of thiazole rings is 1. The molecule has 0 spiro atoms. The van der Waals surface area contributed by atoms with Crippen molar-refractivity contribution in [2.75, 3.05) is 11.5 Å². The normalized spacial score (nSPS) is 18.5. The number of nitrogens with zero attached hydrogens (tertiary/aromatic N) is 4. The van der Waals surface area contributed by atoms with Crippen LogP contribution in [0.1, 0.15) is 16.8 Å². The van der Waals surface area contributed by atoms with Gasteiger partial charge in [0, 0.05) is 30.0 Å². The molecule has 0 bridgehead atoms. The number of nitrogens with one attached hydrogen (secondary N) is 1. The van der Waals surface area contributed by atoms with Crippen LogP contribution < -0.4 is 21.4 Å². The van der Waals surface area contributed by atoms with E-state index in [1.54, 1.807) is 0 Å². The first-order chi connectivity index (χ1) is 19.8. The van der Waals surface area contributed by atoms with Crippen LogP contribution in [0.15, 0.2) is 71.3 Å². The van der Waals surface area contributed by atoms with Crippen LogP contribution in [0.3, 0.4) is 0 Å². The zero-order valence-electron chi connectivity index (χ0n) is 21.4. The fraction of sp³-hybridized carbons (Fsp3) is 0.231. The van der Waals surface area contributed by atoms with Crippen molar-refractivity contribution >= 4 is 63.3 Å². The van der Waals surface area contributed by atoms with Crippen molar-refractivity contribution in [3.8, 4) is 0 Å². The second-order valence-corrected chi connectivity index (χ2v) is 11.8. The van der Waals surface area contributed by atoms with Gasteiger partial charge in [0.2, 0.25) is 0 Å². The molecule has 2 aliphatic rings. The molecule has 3 aromatic rings. The zero-order chi connectivity index (χ0) is 29.1. The molecule has 2 amide bonds. The SMILES string of the molecule is NCc1ccc(CO/N=C(\C(=O)N[C@@H]2C(=O)N3C(C(=O)O)=C(C[n+]4ccccc4)CS[C@@H]23)c2nc(N)sc2Cl)cc1. The number of rotatable bonds is 10. The van der Waals surface area contributed by atoms with Gasteiger partial charge >= 0.3 is 5.97 Å². The van der Waals surface area contributed by atoms with Gasteiger partial charge in [-0.2, -0.15) is 0 Å². The number of amides is 2. The number of aliphatic carboxylic acids is 1. The summed E-state index contributed by atoms with van der Waals surface area (Å²) in [6, 6.07) is 11.9. The summed E-state index contributed by atoms with van der Waals surface area (Å²) in [6.45, 7) is 0.763. The smallest absolute Gasteiger partial charge is 0.352 e. The first kappa shape index (κ1) is 28.5. The van der Waals surface area contributed by atoms with E-state index < -0.39 is 29.2 Å². The first-order valence-electron chi connectivity index (χ1n) is 12.3. The number of halogens is 1. The Morgan fingerprint density at radius 3 is 2.56 bits per heavy atom. The molecule has 0 unspecified atom stereocenters. The number of hydrogen-bond donors (Lipinski definition) is 4. The van der Waals surface area contributed by atoms with E-state index in [2.05, 4.69) is 15.5 Å². The largest absolute Gasteiger partial charge is 0.477 e. The number of aromatic nitrogens is 2. The van der Waals surface area contributed by atoms with E-state index in [4.69, 9.17) is 27.9 Å². The highest BCUT2D eigenvalue weighted by atomic mass is 35.5. The molecule has 5 rings (SSSR count). The van der Waals surface area contributed by atoms with Crippen LogP contribution in [-0.4, -0.2) is 55.7 Å². The van der Waals surface area contributed by atoms with Crippen LogP contribution >= 0.6 is 34.7 Å². The molecule has 0 aliphatic carbocycles. The number of fused-ring (bicyclic) bond motifs is 1. The monoisotopic (exact) mass is 614 g/mol. The van der Waals surface area contributed by atoms with Gasteiger partial charge in [-0.05, 0) is 11.1 Å². The average Bonchev–Trinajstić information content (AvgIpc) is 3.31. The molecule has 4 heterocycles. The van der Waals surface area contributed by atoms with Crippen molar-refractivity contribution < 1.29 is 28.9 Å². The number of nitrogens with two attached hydrogens (primary N) is 2. The summed E-state index contributed by atoms with van der Waals surface area (Å²) in [5.41, 5.74) is 13.4. The number of pyridine rings is 1. The number of benzene rings is 1. The van der Waals surface area contributed by atoms with E-state index in [0.717, 1.165) is 22.5 Å². The Balaban J connectivity index is 1.33. The van der Waals surface area contributed by atoms with Gasteiger partial charge in [-0.25, -0.2) is 14.3 Å². The molecule has 1 aromatic carbocycles. The van der Waals surface area contributed by atoms with Crippen molar-refractivity contribution in [2.45, 2.75) is 31.1 Å². The molecular formula is C26H25ClN7O5S2+. The minimum atomic E-state index is -1.21. The molecule has 0 saturated carbocycles. The number of oxime groups is 1. The third-order valence-corrected chi connectivity index (χ3v) is 8.80. The number of β-lactam (4-membered cyclic amide) rings is 1. The van der Waals surface area contributed by atoms with Crippen molar-refractivity contribution in [1.82, 2.24) is 15.2 Å². The van der Waals surface area contributed by atoms with E-state index in [1.165, 1.54) is 16.7 Å². The molecule has 0 radical (unpaired) electrons. The van der Waals surface area contributed by atoms with Crippen LogP contribution in [0.25, 0.3) is 0 Å². The Bertz CT molecular complexity index is 1550. The second-order valence-electron chi connectivity index (χ2n) is 9.07. The fourth-order valence-electron chi connectivity index (χ4n) is 4.37. The van der Waals surface area contributed by atoms with Gasteiger partial charge in [0.15, 0.2) is 29.8 Å². The molecule has 41 heavy (non-hydrogen) atoms. The maximum atomic E-state index is 13.4. The van der Waals surface area contributed by atoms with Crippen LogP contribution in [0.5, 0.6) is 0 Å². The number of thioether (sulfide) groups is 1. The summed E-state index contributed by atoms with van der Waals surface area (Å²) >= 11 is 8.59. The zero-order valence-corrected chi connectivity index (χ0v) is 23.8. The summed E-state index contributed by atoms with van der Waals surface area (Å²) in [4.78, 5) is 49.5.